The SMILES string of the molecule is CC.CC.CCNC1=C(NC)C(=O)N(C2CCC(=O)NC2=O)C1. The van der Waals surface area contributed by atoms with Gasteiger partial charge in [-0.25, -0.2) is 0 Å². The Kier molecular flexibility index (Phi) is 9.69. The Morgan fingerprint density at radius 3 is 2.26 bits per heavy atom. The normalized spacial score (nSPS) is 20.2. The average Bonchev–Trinajstić information content (AvgIpc) is 2.87. The Morgan fingerprint density at radius 1 is 1.17 bits per heavy atom. The van der Waals surface area contributed by atoms with E-state index in [-0.39, 0.29) is 18.2 Å². The molecule has 2 heterocycles. The summed E-state index contributed by atoms with van der Waals surface area (Å²) in [6.45, 7) is 11.0. The van der Waals surface area contributed by atoms with Gasteiger partial charge in [0.05, 0.1) is 12.2 Å². The molecule has 0 saturated carbocycles. The van der Waals surface area contributed by atoms with Crippen molar-refractivity contribution in [2.24, 2.45) is 0 Å². The number of nitrogens with one attached hydrogen (secondary N) is 3. The lowest BCUT2D eigenvalue weighted by atomic mass is 10.0. The van der Waals surface area contributed by atoms with Gasteiger partial charge >= 0.3 is 0 Å². The Hall–Kier alpha value is -2.05. The van der Waals surface area contributed by atoms with E-state index in [1.165, 1.54) is 4.90 Å². The minimum atomic E-state index is -0.565. The molecule has 0 aromatic heterocycles. The number of nitrogens with zero attached hydrogens (tertiary/aromatic N) is 1. The van der Waals surface area contributed by atoms with Crippen molar-refractivity contribution in [2.45, 2.75) is 53.5 Å². The Bertz CT molecular complexity index is 460. The first-order valence-corrected chi connectivity index (χ1v) is 8.38. The van der Waals surface area contributed by atoms with E-state index in [2.05, 4.69) is 16.0 Å². The maximum absolute atomic E-state index is 12.2. The lowest BCUT2D eigenvalue weighted by Crippen LogP contribution is -2.53. The predicted molar refractivity (Wildman–Crippen MR) is 90.3 cm³/mol. The van der Waals surface area contributed by atoms with Crippen molar-refractivity contribution in [2.75, 3.05) is 20.1 Å². The van der Waals surface area contributed by atoms with E-state index in [1.807, 2.05) is 34.6 Å². The number of carbonyl (C=O) groups excluding carboxylic acids is 3. The van der Waals surface area contributed by atoms with Crippen LogP contribution in [0.25, 0.3) is 0 Å². The van der Waals surface area contributed by atoms with Crippen molar-refractivity contribution in [3.05, 3.63) is 11.4 Å². The molecule has 1 unspecified atom stereocenters. The number of carbonyl (C=O) groups is 3. The summed E-state index contributed by atoms with van der Waals surface area (Å²) in [5.74, 6) is -0.868. The molecule has 132 valence electrons. The number of imide groups is 1. The first-order chi connectivity index (χ1) is 11.1. The van der Waals surface area contributed by atoms with Crippen LogP contribution in [0.2, 0.25) is 0 Å². The summed E-state index contributed by atoms with van der Waals surface area (Å²) in [7, 11) is 1.68. The molecule has 0 bridgehead atoms. The van der Waals surface area contributed by atoms with E-state index in [1.54, 1.807) is 7.05 Å². The van der Waals surface area contributed by atoms with Gasteiger partial charge in [-0.3, -0.25) is 19.7 Å². The van der Waals surface area contributed by atoms with Crippen molar-refractivity contribution >= 4 is 17.7 Å². The van der Waals surface area contributed by atoms with Gasteiger partial charge in [0.2, 0.25) is 11.8 Å². The van der Waals surface area contributed by atoms with Gasteiger partial charge in [0, 0.05) is 20.0 Å². The van der Waals surface area contributed by atoms with Crippen molar-refractivity contribution < 1.29 is 14.4 Å². The summed E-state index contributed by atoms with van der Waals surface area (Å²) >= 11 is 0. The minimum Gasteiger partial charge on any atom is -0.385 e. The smallest absolute Gasteiger partial charge is 0.272 e. The van der Waals surface area contributed by atoms with Crippen LogP contribution in [0, 0.1) is 0 Å². The number of hydrogen-bond acceptors (Lipinski definition) is 5. The van der Waals surface area contributed by atoms with E-state index in [0.717, 1.165) is 5.70 Å². The fourth-order valence-electron chi connectivity index (χ4n) is 2.44. The van der Waals surface area contributed by atoms with Crippen LogP contribution in [0.5, 0.6) is 0 Å². The van der Waals surface area contributed by atoms with Crippen LogP contribution in [0.3, 0.4) is 0 Å². The molecule has 1 fully saturated rings. The van der Waals surface area contributed by atoms with Gasteiger partial charge in [0.1, 0.15) is 11.7 Å². The molecule has 3 N–H and O–H groups in total. The molecule has 23 heavy (non-hydrogen) atoms. The highest BCUT2D eigenvalue weighted by Crippen LogP contribution is 2.21. The topological polar surface area (TPSA) is 90.5 Å². The molecule has 0 spiro atoms. The third-order valence-corrected chi connectivity index (χ3v) is 3.33. The zero-order chi connectivity index (χ0) is 18.0. The fourth-order valence-corrected chi connectivity index (χ4v) is 2.44. The highest BCUT2D eigenvalue weighted by atomic mass is 16.2. The summed E-state index contributed by atoms with van der Waals surface area (Å²) in [6.07, 6.45) is 0.651. The Morgan fingerprint density at radius 2 is 1.78 bits per heavy atom. The molecule has 2 rings (SSSR count). The second-order valence-corrected chi connectivity index (χ2v) is 4.53. The third kappa shape index (κ3) is 4.97. The van der Waals surface area contributed by atoms with Gasteiger partial charge in [-0.1, -0.05) is 27.7 Å². The van der Waals surface area contributed by atoms with Crippen molar-refractivity contribution in [1.29, 1.82) is 0 Å². The van der Waals surface area contributed by atoms with E-state index >= 15 is 0 Å². The fraction of sp³-hybridized carbons (Fsp3) is 0.688. The van der Waals surface area contributed by atoms with Crippen LogP contribution in [0.1, 0.15) is 47.5 Å². The molecule has 0 radical (unpaired) electrons. The summed E-state index contributed by atoms with van der Waals surface area (Å²) in [4.78, 5) is 36.7. The number of rotatable bonds is 4. The number of likely N-dealkylation sites (N-methyl/N-ethyl adjacent to an activating group) is 2. The molecule has 2 aliphatic heterocycles. The van der Waals surface area contributed by atoms with Gasteiger partial charge in [0.15, 0.2) is 0 Å². The molecular formula is C16H30N4O3. The summed E-state index contributed by atoms with van der Waals surface area (Å²) in [6, 6.07) is -0.565. The van der Waals surface area contributed by atoms with E-state index < -0.39 is 11.9 Å². The van der Waals surface area contributed by atoms with Crippen molar-refractivity contribution in [3.63, 3.8) is 0 Å². The minimum absolute atomic E-state index is 0.201. The lowest BCUT2D eigenvalue weighted by Gasteiger charge is -2.29. The van der Waals surface area contributed by atoms with Crippen LogP contribution in [0.15, 0.2) is 11.4 Å². The molecule has 0 aromatic carbocycles. The van der Waals surface area contributed by atoms with Crippen molar-refractivity contribution in [1.82, 2.24) is 20.9 Å². The van der Waals surface area contributed by atoms with Crippen LogP contribution in [-0.4, -0.2) is 48.8 Å². The largest absolute Gasteiger partial charge is 0.385 e. The van der Waals surface area contributed by atoms with Crippen LogP contribution < -0.4 is 16.0 Å². The maximum Gasteiger partial charge on any atom is 0.272 e. The predicted octanol–water partition coefficient (Wildman–Crippen LogP) is 0.727. The average molecular weight is 326 g/mol. The first kappa shape index (κ1) is 20.9. The Labute approximate surface area is 138 Å². The monoisotopic (exact) mass is 326 g/mol. The zero-order valence-corrected chi connectivity index (χ0v) is 15.1. The van der Waals surface area contributed by atoms with Crippen LogP contribution >= 0.6 is 0 Å². The lowest BCUT2D eigenvalue weighted by molar-refractivity contribution is -0.143. The zero-order valence-electron chi connectivity index (χ0n) is 15.1. The molecule has 2 aliphatic rings. The molecule has 7 heteroatoms. The molecule has 0 aromatic rings. The highest BCUT2D eigenvalue weighted by molar-refractivity contribution is 6.04. The number of piperidine rings is 1. The standard InChI is InChI=1S/C12H18N4O3.2C2H6/c1-3-14-7-6-16(12(19)10(7)13-2)8-4-5-9(17)15-11(8)18;2*1-2/h8,13-14H,3-6H2,1-2H3,(H,15,17,18);2*1-2H3. The molecular weight excluding hydrogens is 296 g/mol. The van der Waals surface area contributed by atoms with E-state index in [9.17, 15) is 14.4 Å². The molecule has 1 atom stereocenters. The van der Waals surface area contributed by atoms with Gasteiger partial charge < -0.3 is 15.5 Å². The molecule has 1 saturated heterocycles. The highest BCUT2D eigenvalue weighted by Gasteiger charge is 2.40. The Balaban J connectivity index is 0.00000112. The second-order valence-electron chi connectivity index (χ2n) is 4.53. The van der Waals surface area contributed by atoms with E-state index in [0.29, 0.717) is 25.2 Å². The maximum atomic E-state index is 12.2. The number of amides is 3. The van der Waals surface area contributed by atoms with Crippen LogP contribution in [-0.2, 0) is 14.4 Å². The second kappa shape index (κ2) is 10.6. The van der Waals surface area contributed by atoms with Gasteiger partial charge in [-0.05, 0) is 13.3 Å². The summed E-state index contributed by atoms with van der Waals surface area (Å²) in [5, 5.41) is 8.27. The third-order valence-electron chi connectivity index (χ3n) is 3.33. The van der Waals surface area contributed by atoms with Gasteiger partial charge in [-0.2, -0.15) is 0 Å². The van der Waals surface area contributed by atoms with Crippen molar-refractivity contribution in [3.8, 4) is 0 Å². The first-order valence-electron chi connectivity index (χ1n) is 8.38. The molecule has 0 aliphatic carbocycles. The number of hydrogen-bond donors (Lipinski definition) is 3. The van der Waals surface area contributed by atoms with E-state index in [4.69, 9.17) is 0 Å². The van der Waals surface area contributed by atoms with Gasteiger partial charge in [-0.15, -0.1) is 0 Å². The molecule has 3 amide bonds. The quantitative estimate of drug-likeness (QED) is 0.663. The summed E-state index contributed by atoms with van der Waals surface area (Å²) < 4.78 is 0. The molecule has 7 nitrogen and oxygen atoms in total. The van der Waals surface area contributed by atoms with Crippen LogP contribution in [0.4, 0.5) is 0 Å². The van der Waals surface area contributed by atoms with Gasteiger partial charge in [0.25, 0.3) is 5.91 Å². The summed E-state index contributed by atoms with van der Waals surface area (Å²) in [5.41, 5.74) is 1.28.